The highest BCUT2D eigenvalue weighted by molar-refractivity contribution is 6.31. The highest BCUT2D eigenvalue weighted by atomic mass is 35.5. The standard InChI is InChI=1S/C22H28ClFN6O3/c1-11-14-9-30(10-22(11,14)29-20(32)33-21(3,4)5)18-16(24)8-26-19(28-18)27-13-6-15(23)17(12(2)31)25-7-13/h6-8,11-12,14,31H,9-10H2,1-5H3,(H,29,32)(H,26,27,28)/t11-,12-,14+,22+/m1/s1. The van der Waals surface area contributed by atoms with Crippen molar-refractivity contribution in [1.82, 2.24) is 20.3 Å². The van der Waals surface area contributed by atoms with Crippen molar-refractivity contribution in [2.45, 2.75) is 51.9 Å². The molecule has 178 valence electrons. The van der Waals surface area contributed by atoms with Crippen LogP contribution in [0, 0.1) is 17.7 Å². The molecule has 4 atom stereocenters. The summed E-state index contributed by atoms with van der Waals surface area (Å²) in [4.78, 5) is 26.7. The molecule has 0 aromatic carbocycles. The van der Waals surface area contributed by atoms with E-state index in [0.29, 0.717) is 29.5 Å². The van der Waals surface area contributed by atoms with Crippen LogP contribution in [0.4, 0.5) is 26.6 Å². The number of pyridine rings is 1. The van der Waals surface area contributed by atoms with Gasteiger partial charge in [-0.2, -0.15) is 4.98 Å². The Morgan fingerprint density at radius 1 is 1.39 bits per heavy atom. The molecule has 4 rings (SSSR count). The predicted octanol–water partition coefficient (Wildman–Crippen LogP) is 3.81. The van der Waals surface area contributed by atoms with E-state index in [0.717, 1.165) is 6.20 Å². The summed E-state index contributed by atoms with van der Waals surface area (Å²) < 4.78 is 20.1. The number of alkyl carbamates (subject to hydrolysis) is 1. The number of aliphatic hydroxyl groups excluding tert-OH is 1. The first-order chi connectivity index (χ1) is 15.4. The molecule has 1 aliphatic heterocycles. The van der Waals surface area contributed by atoms with Crippen molar-refractivity contribution in [3.63, 3.8) is 0 Å². The number of rotatable bonds is 5. The minimum absolute atomic E-state index is 0.150. The molecule has 1 saturated heterocycles. The third-order valence-corrected chi connectivity index (χ3v) is 6.42. The van der Waals surface area contributed by atoms with Crippen LogP contribution >= 0.6 is 11.6 Å². The first-order valence-corrected chi connectivity index (χ1v) is 11.2. The topological polar surface area (TPSA) is 113 Å². The number of nitrogens with one attached hydrogen (secondary N) is 2. The molecule has 0 spiro atoms. The van der Waals surface area contributed by atoms with E-state index in [4.69, 9.17) is 16.3 Å². The number of hydrogen-bond donors (Lipinski definition) is 3. The van der Waals surface area contributed by atoms with Crippen LogP contribution in [0.25, 0.3) is 0 Å². The molecular weight excluding hydrogens is 451 g/mol. The van der Waals surface area contributed by atoms with Crippen molar-refractivity contribution in [2.75, 3.05) is 23.3 Å². The van der Waals surface area contributed by atoms with Gasteiger partial charge in [0.15, 0.2) is 11.6 Å². The van der Waals surface area contributed by atoms with Crippen LogP contribution < -0.4 is 15.5 Å². The lowest BCUT2D eigenvalue weighted by Crippen LogP contribution is -2.46. The van der Waals surface area contributed by atoms with Crippen molar-refractivity contribution >= 4 is 35.1 Å². The smallest absolute Gasteiger partial charge is 0.408 e. The first-order valence-electron chi connectivity index (χ1n) is 10.8. The van der Waals surface area contributed by atoms with Crippen molar-refractivity contribution in [3.05, 3.63) is 35.0 Å². The molecule has 2 aliphatic rings. The van der Waals surface area contributed by atoms with E-state index >= 15 is 0 Å². The maximum Gasteiger partial charge on any atom is 0.408 e. The van der Waals surface area contributed by atoms with Crippen LogP contribution in [0.2, 0.25) is 5.02 Å². The molecule has 33 heavy (non-hydrogen) atoms. The molecular formula is C22H28ClFN6O3. The molecule has 9 nitrogen and oxygen atoms in total. The van der Waals surface area contributed by atoms with E-state index < -0.39 is 29.2 Å². The molecule has 0 radical (unpaired) electrons. The zero-order valence-corrected chi connectivity index (χ0v) is 19.9. The Hall–Kier alpha value is -2.72. The molecule has 2 aromatic rings. The summed E-state index contributed by atoms with van der Waals surface area (Å²) in [6.45, 7) is 10.0. The molecule has 1 aliphatic carbocycles. The maximum absolute atomic E-state index is 14.6. The van der Waals surface area contributed by atoms with Gasteiger partial charge in [0, 0.05) is 19.0 Å². The number of carbonyl (C=O) groups excluding carboxylic acids is 1. The van der Waals surface area contributed by atoms with Crippen LogP contribution in [0.15, 0.2) is 18.5 Å². The van der Waals surface area contributed by atoms with E-state index in [1.54, 1.807) is 13.0 Å². The summed E-state index contributed by atoms with van der Waals surface area (Å²) in [7, 11) is 0. The second kappa shape index (κ2) is 8.25. The summed E-state index contributed by atoms with van der Waals surface area (Å²) in [6.07, 6.45) is 1.32. The molecule has 2 aromatic heterocycles. The van der Waals surface area contributed by atoms with Crippen LogP contribution in [-0.4, -0.2) is 50.4 Å². The van der Waals surface area contributed by atoms with Crippen molar-refractivity contribution in [2.24, 2.45) is 11.8 Å². The molecule has 11 heteroatoms. The number of halogens is 2. The number of ether oxygens (including phenoxy) is 1. The normalized spacial score (nSPS) is 24.8. The first kappa shape index (κ1) is 23.4. The SMILES string of the molecule is C[C@@H]1[C@@H]2CN(c3nc(Nc4cnc([C@@H](C)O)c(Cl)c4)ncc3F)C[C@]12NC(=O)OC(C)(C)C. The quantitative estimate of drug-likeness (QED) is 0.594. The lowest BCUT2D eigenvalue weighted by Gasteiger charge is -2.26. The number of aliphatic hydroxyl groups is 1. The molecule has 0 bridgehead atoms. The summed E-state index contributed by atoms with van der Waals surface area (Å²) in [5.74, 6) is 0.201. The lowest BCUT2D eigenvalue weighted by atomic mass is 10.2. The minimum atomic E-state index is -0.800. The van der Waals surface area contributed by atoms with Gasteiger partial charge in [0.05, 0.1) is 40.4 Å². The van der Waals surface area contributed by atoms with E-state index in [1.165, 1.54) is 6.20 Å². The van der Waals surface area contributed by atoms with Crippen molar-refractivity contribution in [1.29, 1.82) is 0 Å². The Morgan fingerprint density at radius 2 is 2.12 bits per heavy atom. The molecule has 2 fully saturated rings. The lowest BCUT2D eigenvalue weighted by molar-refractivity contribution is 0.0494. The zero-order chi connectivity index (χ0) is 24.1. The average molecular weight is 479 g/mol. The monoisotopic (exact) mass is 478 g/mol. The number of aromatic nitrogens is 3. The Bertz CT molecular complexity index is 1080. The van der Waals surface area contributed by atoms with Gasteiger partial charge in [-0.3, -0.25) is 4.98 Å². The molecule has 1 saturated carbocycles. The fraction of sp³-hybridized carbons (Fsp3) is 0.545. The number of amides is 1. The van der Waals surface area contributed by atoms with Gasteiger partial charge in [0.25, 0.3) is 0 Å². The van der Waals surface area contributed by atoms with E-state index in [1.807, 2.05) is 25.7 Å². The number of nitrogens with zero attached hydrogens (tertiary/aromatic N) is 4. The fourth-order valence-corrected chi connectivity index (χ4v) is 4.74. The predicted molar refractivity (Wildman–Crippen MR) is 122 cm³/mol. The van der Waals surface area contributed by atoms with Gasteiger partial charge < -0.3 is 25.4 Å². The molecule has 3 N–H and O–H groups in total. The van der Waals surface area contributed by atoms with Crippen LogP contribution in [0.1, 0.15) is 46.4 Å². The Morgan fingerprint density at radius 3 is 2.76 bits per heavy atom. The van der Waals surface area contributed by atoms with Crippen LogP contribution in [-0.2, 0) is 4.74 Å². The van der Waals surface area contributed by atoms with E-state index in [9.17, 15) is 14.3 Å². The van der Waals surface area contributed by atoms with E-state index in [-0.39, 0.29) is 23.6 Å². The number of hydrogen-bond acceptors (Lipinski definition) is 8. The molecule has 3 heterocycles. The minimum Gasteiger partial charge on any atom is -0.444 e. The fourth-order valence-electron chi connectivity index (χ4n) is 4.42. The Labute approximate surface area is 196 Å². The van der Waals surface area contributed by atoms with Crippen molar-refractivity contribution in [3.8, 4) is 0 Å². The van der Waals surface area contributed by atoms with Gasteiger partial charge in [-0.25, -0.2) is 14.2 Å². The number of anilines is 3. The van der Waals surface area contributed by atoms with Gasteiger partial charge in [-0.1, -0.05) is 18.5 Å². The summed E-state index contributed by atoms with van der Waals surface area (Å²) in [5, 5.41) is 15.9. The number of piperidine rings is 1. The van der Waals surface area contributed by atoms with Gasteiger partial charge in [0.1, 0.15) is 5.60 Å². The van der Waals surface area contributed by atoms with Gasteiger partial charge in [0.2, 0.25) is 5.95 Å². The van der Waals surface area contributed by atoms with Crippen LogP contribution in [0.3, 0.4) is 0 Å². The van der Waals surface area contributed by atoms with Crippen molar-refractivity contribution < 1.29 is 19.0 Å². The average Bonchev–Trinajstić information content (AvgIpc) is 3.03. The van der Waals surface area contributed by atoms with E-state index in [2.05, 4.69) is 32.5 Å². The third-order valence-electron chi connectivity index (χ3n) is 6.12. The van der Waals surface area contributed by atoms with Gasteiger partial charge in [-0.15, -0.1) is 0 Å². The second-order valence-corrected chi connectivity index (χ2v) is 10.1. The highest BCUT2D eigenvalue weighted by Crippen LogP contribution is 2.56. The Balaban J connectivity index is 1.49. The summed E-state index contributed by atoms with van der Waals surface area (Å²) >= 11 is 6.17. The van der Waals surface area contributed by atoms with Gasteiger partial charge in [-0.05, 0) is 39.7 Å². The Kier molecular flexibility index (Phi) is 5.86. The maximum atomic E-state index is 14.6. The highest BCUT2D eigenvalue weighted by Gasteiger charge is 2.68. The molecule has 0 unspecified atom stereocenters. The summed E-state index contributed by atoms with van der Waals surface area (Å²) in [6, 6.07) is 1.59. The second-order valence-electron chi connectivity index (χ2n) is 9.70. The third kappa shape index (κ3) is 4.67. The zero-order valence-electron chi connectivity index (χ0n) is 19.2. The van der Waals surface area contributed by atoms with Gasteiger partial charge >= 0.3 is 6.09 Å². The molecule has 1 amide bonds. The largest absolute Gasteiger partial charge is 0.444 e. The summed E-state index contributed by atoms with van der Waals surface area (Å²) in [5.41, 5.74) is -0.210. The number of carbonyl (C=O) groups is 1. The van der Waals surface area contributed by atoms with Crippen LogP contribution in [0.5, 0.6) is 0 Å². The number of fused-ring (bicyclic) bond motifs is 1.